The van der Waals surface area contributed by atoms with Crippen LogP contribution in [0.3, 0.4) is 0 Å². The van der Waals surface area contributed by atoms with Gasteiger partial charge in [-0.15, -0.1) is 0 Å². The molecule has 38 heavy (non-hydrogen) atoms. The highest BCUT2D eigenvalue weighted by Gasteiger charge is 2.27. The summed E-state index contributed by atoms with van der Waals surface area (Å²) in [5.74, 6) is 1.49. The monoisotopic (exact) mass is 516 g/mol. The number of carbonyl (C=O) groups is 1. The normalized spacial score (nSPS) is 17.5. The van der Waals surface area contributed by atoms with Crippen molar-refractivity contribution in [3.05, 3.63) is 42.0 Å². The van der Waals surface area contributed by atoms with E-state index in [9.17, 15) is 4.79 Å². The molecule has 2 aliphatic heterocycles. The third-order valence-corrected chi connectivity index (χ3v) is 7.98. The molecule has 2 aliphatic rings. The molecule has 2 aromatic carbocycles. The van der Waals surface area contributed by atoms with E-state index in [0.717, 1.165) is 74.6 Å². The largest absolute Gasteiger partial charge is 0.494 e. The van der Waals surface area contributed by atoms with Crippen molar-refractivity contribution >= 4 is 33.5 Å². The number of piperidine rings is 1. The summed E-state index contributed by atoms with van der Waals surface area (Å²) in [4.78, 5) is 22.7. The number of amides is 1. The Balaban J connectivity index is 1.42. The first kappa shape index (κ1) is 24.8. The van der Waals surface area contributed by atoms with E-state index in [1.165, 1.54) is 16.6 Å². The van der Waals surface area contributed by atoms with Crippen LogP contribution in [0.4, 0.5) is 5.69 Å². The number of rotatable bonds is 7. The zero-order valence-electron chi connectivity index (χ0n) is 22.4. The van der Waals surface area contributed by atoms with E-state index in [1.54, 1.807) is 14.2 Å². The van der Waals surface area contributed by atoms with Crippen molar-refractivity contribution in [1.82, 2.24) is 19.0 Å². The molecule has 200 valence electrons. The molecule has 1 fully saturated rings. The van der Waals surface area contributed by atoms with Crippen molar-refractivity contribution in [3.63, 3.8) is 0 Å². The highest BCUT2D eigenvalue weighted by Crippen LogP contribution is 2.39. The summed E-state index contributed by atoms with van der Waals surface area (Å²) in [6.45, 7) is 4.84. The number of likely N-dealkylation sites (tertiary alicyclic amines) is 1. The Kier molecular flexibility index (Phi) is 6.49. The van der Waals surface area contributed by atoms with Crippen LogP contribution in [-0.2, 0) is 18.3 Å². The van der Waals surface area contributed by atoms with Crippen LogP contribution in [0.5, 0.6) is 5.75 Å². The summed E-state index contributed by atoms with van der Waals surface area (Å²) in [7, 11) is 5.42. The van der Waals surface area contributed by atoms with E-state index in [-0.39, 0.29) is 11.9 Å². The second-order valence-electron chi connectivity index (χ2n) is 10.4. The first-order valence-corrected chi connectivity index (χ1v) is 13.5. The number of imidazole rings is 1. The molecular formula is C29H36N6O3. The Hall–Kier alpha value is -3.56. The SMILES string of the molecule is COCCCN1CCn2c(-c3nc4cc(C(=O)N5CCCC(N)C5)cc(OC)c4n3C)cc3cccc1c32. The lowest BCUT2D eigenvalue weighted by atomic mass is 10.0. The van der Waals surface area contributed by atoms with E-state index < -0.39 is 0 Å². The Morgan fingerprint density at radius 1 is 1.13 bits per heavy atom. The first-order chi connectivity index (χ1) is 18.5. The molecule has 6 rings (SSSR count). The number of aryl methyl sites for hydroxylation is 1. The molecule has 0 bridgehead atoms. The van der Waals surface area contributed by atoms with E-state index >= 15 is 0 Å². The predicted molar refractivity (Wildman–Crippen MR) is 150 cm³/mol. The third kappa shape index (κ3) is 4.10. The molecular weight excluding hydrogens is 480 g/mol. The Labute approximate surface area is 222 Å². The number of nitrogens with two attached hydrogens (primary N) is 1. The number of aromatic nitrogens is 3. The summed E-state index contributed by atoms with van der Waals surface area (Å²) >= 11 is 0. The van der Waals surface area contributed by atoms with Gasteiger partial charge in [-0.05, 0) is 43.5 Å². The maximum Gasteiger partial charge on any atom is 0.254 e. The van der Waals surface area contributed by atoms with Crippen LogP contribution >= 0.6 is 0 Å². The molecule has 0 spiro atoms. The van der Waals surface area contributed by atoms with Crippen molar-refractivity contribution in [2.75, 3.05) is 51.9 Å². The zero-order valence-corrected chi connectivity index (χ0v) is 22.4. The number of hydrogen-bond donors (Lipinski definition) is 1. The van der Waals surface area contributed by atoms with Gasteiger partial charge in [0.25, 0.3) is 5.91 Å². The molecule has 4 aromatic rings. The van der Waals surface area contributed by atoms with Gasteiger partial charge in [-0.3, -0.25) is 4.79 Å². The topological polar surface area (TPSA) is 90.8 Å². The molecule has 0 radical (unpaired) electrons. The van der Waals surface area contributed by atoms with E-state index in [2.05, 4.69) is 38.3 Å². The fourth-order valence-electron chi connectivity index (χ4n) is 6.15. The number of methoxy groups -OCH3 is 2. The van der Waals surface area contributed by atoms with Crippen LogP contribution in [0.2, 0.25) is 0 Å². The van der Waals surface area contributed by atoms with Crippen molar-refractivity contribution < 1.29 is 14.3 Å². The summed E-state index contributed by atoms with van der Waals surface area (Å²) < 4.78 is 15.5. The van der Waals surface area contributed by atoms with Gasteiger partial charge in [0.05, 0.1) is 29.5 Å². The van der Waals surface area contributed by atoms with E-state index in [0.29, 0.717) is 17.9 Å². The number of fused-ring (bicyclic) bond motifs is 1. The van der Waals surface area contributed by atoms with Crippen LogP contribution in [-0.4, -0.2) is 78.0 Å². The summed E-state index contributed by atoms with van der Waals surface area (Å²) in [5, 5.41) is 1.20. The number of benzene rings is 2. The van der Waals surface area contributed by atoms with Gasteiger partial charge < -0.3 is 34.1 Å². The second kappa shape index (κ2) is 9.96. The van der Waals surface area contributed by atoms with Gasteiger partial charge in [0, 0.05) is 70.5 Å². The molecule has 1 atom stereocenters. The first-order valence-electron chi connectivity index (χ1n) is 13.5. The van der Waals surface area contributed by atoms with Gasteiger partial charge in [0.1, 0.15) is 11.3 Å². The number of nitrogens with zero attached hydrogens (tertiary/aromatic N) is 5. The van der Waals surface area contributed by atoms with Crippen LogP contribution in [0.15, 0.2) is 36.4 Å². The van der Waals surface area contributed by atoms with Crippen LogP contribution in [0.1, 0.15) is 29.6 Å². The van der Waals surface area contributed by atoms with Gasteiger partial charge in [-0.1, -0.05) is 12.1 Å². The molecule has 9 heteroatoms. The summed E-state index contributed by atoms with van der Waals surface area (Å²) in [6.07, 6.45) is 2.88. The number of anilines is 1. The lowest BCUT2D eigenvalue weighted by Gasteiger charge is -2.31. The minimum Gasteiger partial charge on any atom is -0.494 e. The quantitative estimate of drug-likeness (QED) is 0.378. The zero-order chi connectivity index (χ0) is 26.4. The van der Waals surface area contributed by atoms with Crippen LogP contribution in [0, 0.1) is 0 Å². The van der Waals surface area contributed by atoms with Gasteiger partial charge >= 0.3 is 0 Å². The number of para-hydroxylation sites is 1. The fourth-order valence-corrected chi connectivity index (χ4v) is 6.15. The minimum absolute atomic E-state index is 0.0192. The van der Waals surface area contributed by atoms with Gasteiger partial charge in [0.15, 0.2) is 5.82 Å². The van der Waals surface area contributed by atoms with Crippen LogP contribution < -0.4 is 15.4 Å². The average Bonchev–Trinajstić information content (AvgIpc) is 3.47. The number of carbonyl (C=O) groups excluding carboxylic acids is 1. The van der Waals surface area contributed by atoms with Gasteiger partial charge in [-0.25, -0.2) is 4.98 Å². The molecule has 1 amide bonds. The lowest BCUT2D eigenvalue weighted by Crippen LogP contribution is -2.45. The molecule has 2 aromatic heterocycles. The third-order valence-electron chi connectivity index (χ3n) is 7.98. The molecule has 2 N–H and O–H groups in total. The van der Waals surface area contributed by atoms with E-state index in [1.807, 2.05) is 24.1 Å². The Morgan fingerprint density at radius 3 is 2.79 bits per heavy atom. The van der Waals surface area contributed by atoms with Crippen molar-refractivity contribution in [2.45, 2.75) is 31.8 Å². The molecule has 0 aliphatic carbocycles. The summed E-state index contributed by atoms with van der Waals surface area (Å²) in [5.41, 5.74) is 11.9. The molecule has 9 nitrogen and oxygen atoms in total. The molecule has 1 unspecified atom stereocenters. The standard InChI is InChI=1S/C29H36N6O3/c1-32-27-22(15-20(17-25(27)38-3)29(36)34-10-5-8-21(30)18-34)31-28(32)24-16-19-7-4-9-23-26(19)35(24)13-12-33(23)11-6-14-37-2/h4,7,9,15-17,21H,5-6,8,10-14,18,30H2,1-3H3. The summed E-state index contributed by atoms with van der Waals surface area (Å²) in [6, 6.07) is 12.5. The van der Waals surface area contributed by atoms with E-state index in [4.69, 9.17) is 20.2 Å². The molecule has 1 saturated heterocycles. The smallest absolute Gasteiger partial charge is 0.254 e. The minimum atomic E-state index is -0.0192. The highest BCUT2D eigenvalue weighted by atomic mass is 16.5. The fraction of sp³-hybridized carbons (Fsp3) is 0.448. The Morgan fingerprint density at radius 2 is 2.00 bits per heavy atom. The maximum atomic E-state index is 13.4. The van der Waals surface area contributed by atoms with Crippen molar-refractivity contribution in [2.24, 2.45) is 12.8 Å². The van der Waals surface area contributed by atoms with Crippen molar-refractivity contribution in [1.29, 1.82) is 0 Å². The Bertz CT molecular complexity index is 1510. The highest BCUT2D eigenvalue weighted by molar-refractivity contribution is 6.01. The van der Waals surface area contributed by atoms with Crippen molar-refractivity contribution in [3.8, 4) is 17.3 Å². The lowest BCUT2D eigenvalue weighted by molar-refractivity contribution is 0.0708. The van der Waals surface area contributed by atoms with Crippen LogP contribution in [0.25, 0.3) is 33.5 Å². The average molecular weight is 517 g/mol. The molecule has 0 saturated carbocycles. The van der Waals surface area contributed by atoms with Gasteiger partial charge in [-0.2, -0.15) is 0 Å². The maximum absolute atomic E-state index is 13.4. The number of hydrogen-bond acceptors (Lipinski definition) is 6. The van der Waals surface area contributed by atoms with Gasteiger partial charge in [0.2, 0.25) is 0 Å². The predicted octanol–water partition coefficient (Wildman–Crippen LogP) is 3.62. The second-order valence-corrected chi connectivity index (χ2v) is 10.4. The molecule has 4 heterocycles. The number of ether oxygens (including phenoxy) is 2.